The summed E-state index contributed by atoms with van der Waals surface area (Å²) in [5.74, 6) is -0.615. The minimum absolute atomic E-state index is 0.0497. The molecule has 2 N–H and O–H groups in total. The van der Waals surface area contributed by atoms with Gasteiger partial charge in [-0.25, -0.2) is 8.78 Å². The Morgan fingerprint density at radius 2 is 1.29 bits per heavy atom. The van der Waals surface area contributed by atoms with E-state index >= 15 is 0 Å². The second kappa shape index (κ2) is 6.33. The molecule has 2 nitrogen and oxygen atoms in total. The molecule has 0 aromatic heterocycles. The van der Waals surface area contributed by atoms with Gasteiger partial charge < -0.3 is 5.11 Å². The van der Waals surface area contributed by atoms with E-state index in [-0.39, 0.29) is 24.3 Å². The molecule has 0 aliphatic rings. The monoisotopic (exact) mass is 291 g/mol. The van der Waals surface area contributed by atoms with Gasteiger partial charge in [-0.1, -0.05) is 24.3 Å². The van der Waals surface area contributed by atoms with Crippen LogP contribution < -0.4 is 5.32 Å². The molecule has 2 rings (SSSR count). The maximum absolute atomic E-state index is 13.1. The molecule has 0 atom stereocenters. The molecule has 0 heterocycles. The van der Waals surface area contributed by atoms with E-state index in [1.165, 1.54) is 24.3 Å². The first-order chi connectivity index (χ1) is 9.91. The molecule has 0 fully saturated rings. The summed E-state index contributed by atoms with van der Waals surface area (Å²) in [6.45, 7) is 3.69. The molecule has 21 heavy (non-hydrogen) atoms. The van der Waals surface area contributed by atoms with Crippen LogP contribution in [-0.2, 0) is 0 Å². The molecule has 4 heteroatoms. The molecule has 0 spiro atoms. The quantitative estimate of drug-likeness (QED) is 0.884. The fourth-order valence-corrected chi connectivity index (χ4v) is 2.11. The van der Waals surface area contributed by atoms with Gasteiger partial charge in [0.1, 0.15) is 11.6 Å². The number of hydrogen-bond acceptors (Lipinski definition) is 2. The third-order valence-corrected chi connectivity index (χ3v) is 3.34. The fourth-order valence-electron chi connectivity index (χ4n) is 2.11. The van der Waals surface area contributed by atoms with Crippen molar-refractivity contribution in [2.24, 2.45) is 0 Å². The largest absolute Gasteiger partial charge is 0.394 e. The topological polar surface area (TPSA) is 32.3 Å². The predicted octanol–water partition coefficient (Wildman–Crippen LogP) is 3.41. The summed E-state index contributed by atoms with van der Waals surface area (Å²) in [6, 6.07) is 12.0. The Morgan fingerprint density at radius 3 is 1.62 bits per heavy atom. The average molecular weight is 291 g/mol. The Hall–Kier alpha value is -1.78. The highest BCUT2D eigenvalue weighted by Gasteiger charge is 2.23. The van der Waals surface area contributed by atoms with Crippen LogP contribution in [0.2, 0.25) is 0 Å². The number of hydrogen-bond donors (Lipinski definition) is 2. The highest BCUT2D eigenvalue weighted by molar-refractivity contribution is 5.32. The lowest BCUT2D eigenvalue weighted by Crippen LogP contribution is -2.45. The Labute approximate surface area is 123 Å². The van der Waals surface area contributed by atoms with Gasteiger partial charge in [-0.05, 0) is 49.2 Å². The lowest BCUT2D eigenvalue weighted by Gasteiger charge is -2.31. The Morgan fingerprint density at radius 1 is 0.905 bits per heavy atom. The van der Waals surface area contributed by atoms with Crippen LogP contribution in [0.4, 0.5) is 8.78 Å². The van der Waals surface area contributed by atoms with E-state index in [4.69, 9.17) is 0 Å². The van der Waals surface area contributed by atoms with Gasteiger partial charge in [0, 0.05) is 5.54 Å². The first kappa shape index (κ1) is 15.6. The summed E-state index contributed by atoms with van der Waals surface area (Å²) in [5, 5.41) is 12.8. The van der Waals surface area contributed by atoms with Gasteiger partial charge in [0.2, 0.25) is 0 Å². The molecule has 0 bridgehead atoms. The van der Waals surface area contributed by atoms with Gasteiger partial charge in [0.25, 0.3) is 0 Å². The lowest BCUT2D eigenvalue weighted by atomic mass is 9.95. The second-order valence-electron chi connectivity index (χ2n) is 5.72. The van der Waals surface area contributed by atoms with Crippen molar-refractivity contribution in [1.82, 2.24) is 5.32 Å². The van der Waals surface area contributed by atoms with Crippen LogP contribution in [-0.4, -0.2) is 17.3 Å². The molecular formula is C17H19F2NO. The fraction of sp³-hybridized carbons (Fsp3) is 0.294. The number of nitrogens with one attached hydrogen (secondary N) is 1. The van der Waals surface area contributed by atoms with E-state index in [1.54, 1.807) is 24.3 Å². The van der Waals surface area contributed by atoms with Crippen molar-refractivity contribution in [2.45, 2.75) is 25.4 Å². The van der Waals surface area contributed by atoms with Gasteiger partial charge in [-0.3, -0.25) is 5.32 Å². The maximum Gasteiger partial charge on any atom is 0.123 e. The van der Waals surface area contributed by atoms with E-state index in [0.29, 0.717) is 0 Å². The van der Waals surface area contributed by atoms with Crippen molar-refractivity contribution in [3.63, 3.8) is 0 Å². The van der Waals surface area contributed by atoms with Crippen LogP contribution in [0.25, 0.3) is 0 Å². The number of benzene rings is 2. The standard InChI is InChI=1S/C17H19F2NO/c1-17(2,11-21)20-16(12-3-7-14(18)8-4-12)13-5-9-15(19)10-6-13/h3-10,16,20-21H,11H2,1-2H3. The molecule has 0 saturated carbocycles. The maximum atomic E-state index is 13.1. The third-order valence-electron chi connectivity index (χ3n) is 3.34. The summed E-state index contributed by atoms with van der Waals surface area (Å²) in [7, 11) is 0. The molecule has 0 radical (unpaired) electrons. The molecule has 0 unspecified atom stereocenters. The van der Waals surface area contributed by atoms with Crippen LogP contribution in [0.15, 0.2) is 48.5 Å². The summed E-state index contributed by atoms with van der Waals surface area (Å²) in [5.41, 5.74) is 1.18. The summed E-state index contributed by atoms with van der Waals surface area (Å²) >= 11 is 0. The predicted molar refractivity (Wildman–Crippen MR) is 78.9 cm³/mol. The van der Waals surface area contributed by atoms with Crippen molar-refractivity contribution in [3.05, 3.63) is 71.3 Å². The number of halogens is 2. The lowest BCUT2D eigenvalue weighted by molar-refractivity contribution is 0.180. The van der Waals surface area contributed by atoms with E-state index in [0.717, 1.165) is 11.1 Å². The van der Waals surface area contributed by atoms with E-state index in [2.05, 4.69) is 5.32 Å². The second-order valence-corrected chi connectivity index (χ2v) is 5.72. The van der Waals surface area contributed by atoms with Gasteiger partial charge in [0.05, 0.1) is 12.6 Å². The Bertz CT molecular complexity index is 533. The van der Waals surface area contributed by atoms with Gasteiger partial charge in [0.15, 0.2) is 0 Å². The van der Waals surface area contributed by atoms with E-state index in [1.807, 2.05) is 13.8 Å². The zero-order valence-electron chi connectivity index (χ0n) is 12.1. The summed E-state index contributed by atoms with van der Waals surface area (Å²) in [4.78, 5) is 0. The Balaban J connectivity index is 2.38. The molecule has 112 valence electrons. The summed E-state index contributed by atoms with van der Waals surface area (Å²) in [6.07, 6.45) is 0. The van der Waals surface area contributed by atoms with Crippen molar-refractivity contribution in [3.8, 4) is 0 Å². The highest BCUT2D eigenvalue weighted by Crippen LogP contribution is 2.25. The zero-order valence-corrected chi connectivity index (χ0v) is 12.1. The molecule has 2 aromatic carbocycles. The minimum atomic E-state index is -0.520. The van der Waals surface area contributed by atoms with Crippen molar-refractivity contribution < 1.29 is 13.9 Å². The number of aliphatic hydroxyl groups is 1. The smallest absolute Gasteiger partial charge is 0.123 e. The highest BCUT2D eigenvalue weighted by atomic mass is 19.1. The van der Waals surface area contributed by atoms with Crippen LogP contribution in [0.3, 0.4) is 0 Å². The molecule has 2 aromatic rings. The molecular weight excluding hydrogens is 272 g/mol. The number of aliphatic hydroxyl groups excluding tert-OH is 1. The van der Waals surface area contributed by atoms with Gasteiger partial charge in [-0.15, -0.1) is 0 Å². The molecule has 0 aliphatic heterocycles. The number of rotatable bonds is 5. The average Bonchev–Trinajstić information content (AvgIpc) is 2.47. The van der Waals surface area contributed by atoms with Crippen LogP contribution in [0.1, 0.15) is 31.0 Å². The van der Waals surface area contributed by atoms with Crippen LogP contribution in [0.5, 0.6) is 0 Å². The van der Waals surface area contributed by atoms with E-state index < -0.39 is 5.54 Å². The van der Waals surface area contributed by atoms with E-state index in [9.17, 15) is 13.9 Å². The third kappa shape index (κ3) is 4.09. The van der Waals surface area contributed by atoms with Gasteiger partial charge in [-0.2, -0.15) is 0 Å². The Kier molecular flexibility index (Phi) is 4.70. The minimum Gasteiger partial charge on any atom is -0.394 e. The first-order valence-corrected chi connectivity index (χ1v) is 6.81. The first-order valence-electron chi connectivity index (χ1n) is 6.81. The van der Waals surface area contributed by atoms with Crippen LogP contribution in [0, 0.1) is 11.6 Å². The van der Waals surface area contributed by atoms with Crippen molar-refractivity contribution >= 4 is 0 Å². The van der Waals surface area contributed by atoms with Crippen LogP contribution >= 0.6 is 0 Å². The normalized spacial score (nSPS) is 11.9. The molecule has 0 amide bonds. The zero-order chi connectivity index (χ0) is 15.5. The molecule has 0 saturated heterocycles. The van der Waals surface area contributed by atoms with Gasteiger partial charge >= 0.3 is 0 Å². The summed E-state index contributed by atoms with van der Waals surface area (Å²) < 4.78 is 26.2. The molecule has 0 aliphatic carbocycles. The van der Waals surface area contributed by atoms with Crippen molar-refractivity contribution in [2.75, 3.05) is 6.61 Å². The SMILES string of the molecule is CC(C)(CO)NC(c1ccc(F)cc1)c1ccc(F)cc1. The van der Waals surface area contributed by atoms with Crippen molar-refractivity contribution in [1.29, 1.82) is 0 Å².